The van der Waals surface area contributed by atoms with Crippen LogP contribution in [-0.4, -0.2) is 54.9 Å². The average molecular weight is 356 g/mol. The highest BCUT2D eigenvalue weighted by Gasteiger charge is 2.26. The first-order valence-electron chi connectivity index (χ1n) is 8.74. The number of benzene rings is 1. The number of amides is 2. The van der Waals surface area contributed by atoms with Gasteiger partial charge in [-0.3, -0.25) is 9.59 Å². The summed E-state index contributed by atoms with van der Waals surface area (Å²) < 4.78 is 10.6. The van der Waals surface area contributed by atoms with Gasteiger partial charge in [-0.2, -0.15) is 0 Å². The lowest BCUT2D eigenvalue weighted by Gasteiger charge is -2.34. The molecule has 3 rings (SSSR count). The first-order valence-corrected chi connectivity index (χ1v) is 8.74. The van der Waals surface area contributed by atoms with E-state index < -0.39 is 0 Å². The van der Waals surface area contributed by atoms with Gasteiger partial charge in [-0.15, -0.1) is 0 Å². The number of nitrogens with zero attached hydrogens (tertiary/aromatic N) is 2. The number of methoxy groups -OCH3 is 1. The molecule has 0 N–H and O–H groups in total. The van der Waals surface area contributed by atoms with Crippen LogP contribution in [0.15, 0.2) is 34.9 Å². The van der Waals surface area contributed by atoms with E-state index in [0.29, 0.717) is 38.4 Å². The number of ether oxygens (including phenoxy) is 1. The normalized spacial score (nSPS) is 14.4. The molecule has 2 amide bonds. The first kappa shape index (κ1) is 18.0. The smallest absolute Gasteiger partial charge is 0.289 e. The van der Waals surface area contributed by atoms with Gasteiger partial charge in [0.15, 0.2) is 5.76 Å². The van der Waals surface area contributed by atoms with E-state index in [4.69, 9.17) is 9.15 Å². The van der Waals surface area contributed by atoms with Gasteiger partial charge in [0.1, 0.15) is 5.75 Å². The molecule has 1 aliphatic heterocycles. The van der Waals surface area contributed by atoms with E-state index in [9.17, 15) is 9.59 Å². The van der Waals surface area contributed by atoms with Crippen molar-refractivity contribution in [2.24, 2.45) is 0 Å². The number of hydrogen-bond acceptors (Lipinski definition) is 4. The second kappa shape index (κ2) is 7.64. The predicted molar refractivity (Wildman–Crippen MR) is 97.4 cm³/mol. The molecule has 0 bridgehead atoms. The molecule has 1 aliphatic rings. The van der Waals surface area contributed by atoms with E-state index >= 15 is 0 Å². The van der Waals surface area contributed by atoms with Crippen LogP contribution in [0, 0.1) is 13.8 Å². The van der Waals surface area contributed by atoms with E-state index in [1.54, 1.807) is 29.0 Å². The number of hydrogen-bond donors (Lipinski definition) is 0. The van der Waals surface area contributed by atoms with E-state index in [-0.39, 0.29) is 11.8 Å². The molecule has 1 saturated heterocycles. The minimum absolute atomic E-state index is 0.0525. The molecule has 0 saturated carbocycles. The van der Waals surface area contributed by atoms with Gasteiger partial charge in [0.25, 0.3) is 5.91 Å². The highest BCUT2D eigenvalue weighted by Crippen LogP contribution is 2.24. The molecule has 1 aromatic heterocycles. The highest BCUT2D eigenvalue weighted by atomic mass is 16.5. The Bertz CT molecular complexity index is 790. The van der Waals surface area contributed by atoms with E-state index in [2.05, 4.69) is 0 Å². The Labute approximate surface area is 153 Å². The highest BCUT2D eigenvalue weighted by molar-refractivity contribution is 5.91. The van der Waals surface area contributed by atoms with Crippen molar-refractivity contribution in [3.05, 3.63) is 53.0 Å². The molecule has 138 valence electrons. The number of aryl methyl sites for hydroxylation is 2. The van der Waals surface area contributed by atoms with Gasteiger partial charge in [-0.1, -0.05) is 6.07 Å². The second-order valence-corrected chi connectivity index (χ2v) is 6.58. The fourth-order valence-corrected chi connectivity index (χ4v) is 3.17. The molecule has 0 atom stereocenters. The van der Waals surface area contributed by atoms with Crippen LogP contribution in [-0.2, 0) is 11.2 Å². The lowest BCUT2D eigenvalue weighted by atomic mass is 10.0. The van der Waals surface area contributed by atoms with E-state index in [1.165, 1.54) is 6.26 Å². The Morgan fingerprint density at radius 2 is 1.73 bits per heavy atom. The summed E-state index contributed by atoms with van der Waals surface area (Å²) in [7, 11) is 1.62. The molecule has 6 nitrogen and oxygen atoms in total. The van der Waals surface area contributed by atoms with Crippen LogP contribution in [0.25, 0.3) is 0 Å². The van der Waals surface area contributed by atoms with Gasteiger partial charge in [0.05, 0.1) is 19.8 Å². The summed E-state index contributed by atoms with van der Waals surface area (Å²) in [6, 6.07) is 7.34. The van der Waals surface area contributed by atoms with Gasteiger partial charge in [-0.25, -0.2) is 0 Å². The molecule has 26 heavy (non-hydrogen) atoms. The summed E-state index contributed by atoms with van der Waals surface area (Å²) in [4.78, 5) is 28.5. The predicted octanol–water partition coefficient (Wildman–Crippen LogP) is 2.43. The maximum Gasteiger partial charge on any atom is 0.289 e. The van der Waals surface area contributed by atoms with Crippen LogP contribution in [0.1, 0.15) is 27.2 Å². The standard InChI is InChI=1S/C20H24N2O4/c1-14-11-16(18(25-3)12-15(14)2)13-19(23)21-6-8-22(9-7-21)20(24)17-5-4-10-26-17/h4-5,10-12H,6-9,13H2,1-3H3. The molecular formula is C20H24N2O4. The van der Waals surface area contributed by atoms with Crippen molar-refractivity contribution in [2.45, 2.75) is 20.3 Å². The summed E-state index contributed by atoms with van der Waals surface area (Å²) in [5.74, 6) is 1.01. The Balaban J connectivity index is 1.61. The van der Waals surface area contributed by atoms with Gasteiger partial charge in [-0.05, 0) is 43.2 Å². The summed E-state index contributed by atoms with van der Waals surface area (Å²) >= 11 is 0. The summed E-state index contributed by atoms with van der Waals surface area (Å²) in [6.45, 7) is 6.13. The molecular weight excluding hydrogens is 332 g/mol. The number of carbonyl (C=O) groups excluding carboxylic acids is 2. The molecule has 6 heteroatoms. The SMILES string of the molecule is COc1cc(C)c(C)cc1CC(=O)N1CCN(C(=O)c2ccco2)CC1. The van der Waals surface area contributed by atoms with Crippen LogP contribution in [0.2, 0.25) is 0 Å². The van der Waals surface area contributed by atoms with Gasteiger partial charge >= 0.3 is 0 Å². The maximum atomic E-state index is 12.7. The largest absolute Gasteiger partial charge is 0.496 e. The summed E-state index contributed by atoms with van der Waals surface area (Å²) in [6.07, 6.45) is 1.79. The number of piperazine rings is 1. The van der Waals surface area contributed by atoms with Crippen LogP contribution in [0.4, 0.5) is 0 Å². The zero-order valence-corrected chi connectivity index (χ0v) is 15.4. The molecule has 1 aromatic carbocycles. The fraction of sp³-hybridized carbons (Fsp3) is 0.400. The molecule has 2 heterocycles. The van der Waals surface area contributed by atoms with Crippen molar-refractivity contribution in [1.29, 1.82) is 0 Å². The zero-order valence-electron chi connectivity index (χ0n) is 15.4. The van der Waals surface area contributed by atoms with Crippen LogP contribution in [0.3, 0.4) is 0 Å². The minimum Gasteiger partial charge on any atom is -0.496 e. The Morgan fingerprint density at radius 1 is 1.08 bits per heavy atom. The van der Waals surface area contributed by atoms with E-state index in [1.807, 2.05) is 26.0 Å². The van der Waals surface area contributed by atoms with Gasteiger partial charge in [0.2, 0.25) is 5.91 Å². The molecule has 0 spiro atoms. The third kappa shape index (κ3) is 3.74. The first-order chi connectivity index (χ1) is 12.5. The Hall–Kier alpha value is -2.76. The quantitative estimate of drug-likeness (QED) is 0.844. The second-order valence-electron chi connectivity index (χ2n) is 6.58. The van der Waals surface area contributed by atoms with Crippen molar-refractivity contribution in [3.63, 3.8) is 0 Å². The fourth-order valence-electron chi connectivity index (χ4n) is 3.17. The minimum atomic E-state index is -0.127. The van der Waals surface area contributed by atoms with Crippen molar-refractivity contribution >= 4 is 11.8 Å². The third-order valence-electron chi connectivity index (χ3n) is 4.89. The molecule has 2 aromatic rings. The van der Waals surface area contributed by atoms with E-state index in [0.717, 1.165) is 22.4 Å². The van der Waals surface area contributed by atoms with Gasteiger partial charge < -0.3 is 19.0 Å². The van der Waals surface area contributed by atoms with Gasteiger partial charge in [0, 0.05) is 31.7 Å². The molecule has 0 unspecified atom stereocenters. The van der Waals surface area contributed by atoms with Crippen molar-refractivity contribution in [1.82, 2.24) is 9.80 Å². The van der Waals surface area contributed by atoms with Crippen LogP contribution >= 0.6 is 0 Å². The Morgan fingerprint density at radius 3 is 2.35 bits per heavy atom. The summed E-state index contributed by atoms with van der Waals surface area (Å²) in [5.41, 5.74) is 3.18. The number of carbonyl (C=O) groups is 2. The van der Waals surface area contributed by atoms with Crippen molar-refractivity contribution in [2.75, 3.05) is 33.3 Å². The molecule has 0 aliphatic carbocycles. The average Bonchev–Trinajstić information content (AvgIpc) is 3.18. The molecule has 0 radical (unpaired) electrons. The number of furan rings is 1. The summed E-state index contributed by atoms with van der Waals surface area (Å²) in [5, 5.41) is 0. The zero-order chi connectivity index (χ0) is 18.7. The Kier molecular flexibility index (Phi) is 5.30. The topological polar surface area (TPSA) is 63.0 Å². The third-order valence-corrected chi connectivity index (χ3v) is 4.89. The lowest BCUT2D eigenvalue weighted by Crippen LogP contribution is -2.50. The molecule has 1 fully saturated rings. The monoisotopic (exact) mass is 356 g/mol. The van der Waals surface area contributed by atoms with Crippen molar-refractivity contribution in [3.8, 4) is 5.75 Å². The maximum absolute atomic E-state index is 12.7. The van der Waals surface area contributed by atoms with Crippen molar-refractivity contribution < 1.29 is 18.7 Å². The lowest BCUT2D eigenvalue weighted by molar-refractivity contribution is -0.131. The van der Waals surface area contributed by atoms with Crippen LogP contribution < -0.4 is 4.74 Å². The van der Waals surface area contributed by atoms with Crippen LogP contribution in [0.5, 0.6) is 5.75 Å². The number of rotatable bonds is 4.